The summed E-state index contributed by atoms with van der Waals surface area (Å²) in [6, 6.07) is 7.41. The van der Waals surface area contributed by atoms with Crippen molar-refractivity contribution in [2.24, 2.45) is 5.73 Å². The summed E-state index contributed by atoms with van der Waals surface area (Å²) in [4.78, 5) is 27.1. The first kappa shape index (κ1) is 20.1. The fraction of sp³-hybridized carbons (Fsp3) is 0.368. The first-order valence-corrected chi connectivity index (χ1v) is 8.68. The highest BCUT2D eigenvalue weighted by Gasteiger charge is 2.36. The first-order chi connectivity index (χ1) is 13.2. The normalized spacial score (nSPS) is 17.8. The predicted molar refractivity (Wildman–Crippen MR) is 96.7 cm³/mol. The third-order valence-corrected chi connectivity index (χ3v) is 4.82. The van der Waals surface area contributed by atoms with E-state index < -0.39 is 28.9 Å². The van der Waals surface area contributed by atoms with Crippen LogP contribution in [0, 0.1) is 0 Å². The van der Waals surface area contributed by atoms with Crippen molar-refractivity contribution in [1.29, 1.82) is 0 Å². The van der Waals surface area contributed by atoms with Gasteiger partial charge in [0.1, 0.15) is 11.3 Å². The molecule has 1 amide bonds. The molecule has 1 fully saturated rings. The number of nitrogens with one attached hydrogen (secondary N) is 1. The molecule has 0 saturated carbocycles. The third kappa shape index (κ3) is 4.26. The summed E-state index contributed by atoms with van der Waals surface area (Å²) in [5.74, 6) is -1.09. The van der Waals surface area contributed by atoms with Crippen LogP contribution in [0.1, 0.15) is 28.0 Å². The standard InChI is InChI=1S/C19H20F3N3O3/c1-28-13-6-7-25(10-13)9-11-2-4-12(5-3-11)14-8-15(17(23)26)18(27)24-16(14)19(20,21)22/h2-5,8,13H,6-7,9-10H2,1H3,(H2,23,26)(H,24,27). The Bertz CT molecular complexity index is 923. The van der Waals surface area contributed by atoms with Crippen LogP contribution in [0.2, 0.25) is 0 Å². The average molecular weight is 395 g/mol. The largest absolute Gasteiger partial charge is 0.431 e. The Morgan fingerprint density at radius 2 is 2.00 bits per heavy atom. The van der Waals surface area contributed by atoms with Gasteiger partial charge in [-0.15, -0.1) is 0 Å². The van der Waals surface area contributed by atoms with E-state index in [0.717, 1.165) is 31.1 Å². The van der Waals surface area contributed by atoms with Gasteiger partial charge in [-0.25, -0.2) is 0 Å². The van der Waals surface area contributed by atoms with Crippen molar-refractivity contribution in [2.45, 2.75) is 25.2 Å². The lowest BCUT2D eigenvalue weighted by molar-refractivity contribution is -0.140. The monoisotopic (exact) mass is 395 g/mol. The summed E-state index contributed by atoms with van der Waals surface area (Å²) in [5.41, 5.74) is 3.08. The van der Waals surface area contributed by atoms with Crippen molar-refractivity contribution in [1.82, 2.24) is 9.88 Å². The zero-order valence-corrected chi connectivity index (χ0v) is 15.2. The number of hydrogen-bond acceptors (Lipinski definition) is 4. The lowest BCUT2D eigenvalue weighted by Gasteiger charge is -2.17. The van der Waals surface area contributed by atoms with E-state index in [4.69, 9.17) is 10.5 Å². The minimum absolute atomic E-state index is 0.196. The number of ether oxygens (including phenoxy) is 1. The molecule has 0 radical (unpaired) electrons. The van der Waals surface area contributed by atoms with Crippen molar-refractivity contribution < 1.29 is 22.7 Å². The molecular formula is C19H20F3N3O3. The number of hydrogen-bond donors (Lipinski definition) is 2. The van der Waals surface area contributed by atoms with Gasteiger partial charge in [-0.2, -0.15) is 13.2 Å². The van der Waals surface area contributed by atoms with Crippen molar-refractivity contribution in [3.8, 4) is 11.1 Å². The number of aromatic amines is 1. The fourth-order valence-electron chi connectivity index (χ4n) is 3.35. The number of likely N-dealkylation sites (tertiary alicyclic amines) is 1. The van der Waals surface area contributed by atoms with Crippen molar-refractivity contribution in [3.63, 3.8) is 0 Å². The third-order valence-electron chi connectivity index (χ3n) is 4.82. The molecule has 0 spiro atoms. The highest BCUT2D eigenvalue weighted by Crippen LogP contribution is 2.35. The number of nitrogens with two attached hydrogens (primary N) is 1. The Hall–Kier alpha value is -2.65. The fourth-order valence-corrected chi connectivity index (χ4v) is 3.35. The van der Waals surface area contributed by atoms with Crippen LogP contribution in [0.3, 0.4) is 0 Å². The molecule has 0 aliphatic carbocycles. The van der Waals surface area contributed by atoms with Gasteiger partial charge in [0.2, 0.25) is 0 Å². The number of aromatic nitrogens is 1. The van der Waals surface area contributed by atoms with Gasteiger partial charge in [-0.1, -0.05) is 24.3 Å². The van der Waals surface area contributed by atoms with E-state index in [1.807, 2.05) is 0 Å². The second-order valence-electron chi connectivity index (χ2n) is 6.74. The van der Waals surface area contributed by atoms with Crippen LogP contribution in [0.25, 0.3) is 11.1 Å². The molecule has 150 valence electrons. The van der Waals surface area contributed by atoms with Crippen LogP contribution in [-0.4, -0.2) is 42.1 Å². The Kier molecular flexibility index (Phi) is 5.57. The molecule has 3 N–H and O–H groups in total. The summed E-state index contributed by atoms with van der Waals surface area (Å²) in [6.07, 6.45) is -3.65. The molecule has 6 nitrogen and oxygen atoms in total. The quantitative estimate of drug-likeness (QED) is 0.814. The zero-order chi connectivity index (χ0) is 20.5. The van der Waals surface area contributed by atoms with E-state index in [1.165, 1.54) is 12.1 Å². The van der Waals surface area contributed by atoms with Crippen LogP contribution in [-0.2, 0) is 17.5 Å². The van der Waals surface area contributed by atoms with Crippen LogP contribution in [0.5, 0.6) is 0 Å². The number of rotatable bonds is 5. The Morgan fingerprint density at radius 3 is 2.54 bits per heavy atom. The second-order valence-corrected chi connectivity index (χ2v) is 6.74. The van der Waals surface area contributed by atoms with E-state index >= 15 is 0 Å². The molecule has 1 atom stereocenters. The molecule has 2 aromatic rings. The van der Waals surface area contributed by atoms with E-state index in [0.29, 0.717) is 6.54 Å². The number of benzene rings is 1. The predicted octanol–water partition coefficient (Wildman–Crippen LogP) is 2.38. The molecular weight excluding hydrogens is 375 g/mol. The molecule has 2 heterocycles. The van der Waals surface area contributed by atoms with Gasteiger partial charge < -0.3 is 15.5 Å². The SMILES string of the molecule is COC1CCN(Cc2ccc(-c3cc(C(N)=O)c(=O)[nH]c3C(F)(F)F)cc2)C1. The lowest BCUT2D eigenvalue weighted by atomic mass is 10.00. The second kappa shape index (κ2) is 7.76. The van der Waals surface area contributed by atoms with Crippen molar-refractivity contribution in [2.75, 3.05) is 20.2 Å². The Morgan fingerprint density at radius 1 is 1.32 bits per heavy atom. The molecule has 1 aliphatic heterocycles. The van der Waals surface area contributed by atoms with Gasteiger partial charge in [0, 0.05) is 32.3 Å². The highest BCUT2D eigenvalue weighted by molar-refractivity contribution is 5.93. The topological polar surface area (TPSA) is 88.4 Å². The summed E-state index contributed by atoms with van der Waals surface area (Å²) in [6.45, 7) is 2.35. The maximum Gasteiger partial charge on any atom is 0.431 e. The highest BCUT2D eigenvalue weighted by atomic mass is 19.4. The summed E-state index contributed by atoms with van der Waals surface area (Å²) in [7, 11) is 1.67. The summed E-state index contributed by atoms with van der Waals surface area (Å²) < 4.78 is 45.4. The van der Waals surface area contributed by atoms with Gasteiger partial charge in [0.15, 0.2) is 0 Å². The van der Waals surface area contributed by atoms with Crippen LogP contribution in [0.15, 0.2) is 35.1 Å². The van der Waals surface area contributed by atoms with E-state index in [2.05, 4.69) is 4.90 Å². The van der Waals surface area contributed by atoms with Crippen molar-refractivity contribution >= 4 is 5.91 Å². The number of amides is 1. The van der Waals surface area contributed by atoms with E-state index in [9.17, 15) is 22.8 Å². The van der Waals surface area contributed by atoms with Crippen molar-refractivity contribution in [3.05, 3.63) is 57.5 Å². The molecule has 28 heavy (non-hydrogen) atoms. The number of nitrogens with zero attached hydrogens (tertiary/aromatic N) is 1. The number of primary amides is 1. The van der Waals surface area contributed by atoms with E-state index in [-0.39, 0.29) is 17.2 Å². The van der Waals surface area contributed by atoms with Gasteiger partial charge in [-0.3, -0.25) is 14.5 Å². The number of carbonyl (C=O) groups is 1. The number of methoxy groups -OCH3 is 1. The first-order valence-electron chi connectivity index (χ1n) is 8.68. The molecule has 0 bridgehead atoms. The Labute approximate surface area is 159 Å². The van der Waals surface area contributed by atoms with Gasteiger partial charge in [-0.05, 0) is 23.6 Å². The number of halogens is 3. The molecule has 9 heteroatoms. The molecule has 1 unspecified atom stereocenters. The number of alkyl halides is 3. The molecule has 1 aromatic carbocycles. The minimum atomic E-state index is -4.78. The molecule has 3 rings (SSSR count). The van der Waals surface area contributed by atoms with Gasteiger partial charge in [0.05, 0.1) is 6.10 Å². The number of pyridine rings is 1. The number of H-pyrrole nitrogens is 1. The van der Waals surface area contributed by atoms with Gasteiger partial charge in [0.25, 0.3) is 11.5 Å². The maximum atomic E-state index is 13.4. The maximum absolute atomic E-state index is 13.4. The molecule has 1 saturated heterocycles. The molecule has 1 aromatic heterocycles. The zero-order valence-electron chi connectivity index (χ0n) is 15.2. The van der Waals surface area contributed by atoms with E-state index in [1.54, 1.807) is 24.2 Å². The summed E-state index contributed by atoms with van der Waals surface area (Å²) in [5, 5.41) is 0. The number of carbonyl (C=O) groups excluding carboxylic acids is 1. The smallest absolute Gasteiger partial charge is 0.380 e. The molecule has 1 aliphatic rings. The van der Waals surface area contributed by atoms with Crippen LogP contribution < -0.4 is 11.3 Å². The lowest BCUT2D eigenvalue weighted by Crippen LogP contribution is -2.27. The summed E-state index contributed by atoms with van der Waals surface area (Å²) >= 11 is 0. The average Bonchev–Trinajstić information content (AvgIpc) is 3.09. The van der Waals surface area contributed by atoms with Crippen LogP contribution in [0.4, 0.5) is 13.2 Å². The van der Waals surface area contributed by atoms with Gasteiger partial charge >= 0.3 is 6.18 Å². The Balaban J connectivity index is 1.91. The van der Waals surface area contributed by atoms with Crippen LogP contribution >= 0.6 is 0 Å². The minimum Gasteiger partial charge on any atom is -0.380 e.